The largest absolute Gasteiger partial charge is 0.395 e. The van der Waals surface area contributed by atoms with E-state index in [9.17, 15) is 4.79 Å². The van der Waals surface area contributed by atoms with E-state index in [-0.39, 0.29) is 11.4 Å². The van der Waals surface area contributed by atoms with Crippen LogP contribution in [0.3, 0.4) is 0 Å². The number of anilines is 1. The van der Waals surface area contributed by atoms with Gasteiger partial charge in [-0.1, -0.05) is 6.92 Å². The molecule has 1 aromatic heterocycles. The van der Waals surface area contributed by atoms with Gasteiger partial charge in [-0.25, -0.2) is 0 Å². The van der Waals surface area contributed by atoms with Crippen molar-refractivity contribution in [3.8, 4) is 0 Å². The molecule has 1 saturated heterocycles. The van der Waals surface area contributed by atoms with Crippen molar-refractivity contribution in [2.24, 2.45) is 0 Å². The van der Waals surface area contributed by atoms with Gasteiger partial charge in [0, 0.05) is 31.7 Å². The number of nitrogen functional groups attached to an aromatic ring is 1. The lowest BCUT2D eigenvalue weighted by atomic mass is 10.0. The second kappa shape index (κ2) is 5.44. The Bertz CT molecular complexity index is 480. The van der Waals surface area contributed by atoms with E-state index in [1.165, 1.54) is 0 Å². The van der Waals surface area contributed by atoms with Crippen LogP contribution in [0.2, 0.25) is 0 Å². The van der Waals surface area contributed by atoms with Crippen LogP contribution in [0.5, 0.6) is 0 Å². The number of nitrogens with two attached hydrogens (primary N) is 1. The number of carbonyl (C=O) groups excluding carboxylic acids is 1. The Labute approximate surface area is 120 Å². The Kier molecular flexibility index (Phi) is 4.04. The smallest absolute Gasteiger partial charge is 0.276 e. The molecule has 6 heteroatoms. The number of piperazine rings is 1. The fourth-order valence-electron chi connectivity index (χ4n) is 2.55. The highest BCUT2D eigenvalue weighted by Gasteiger charge is 2.30. The minimum atomic E-state index is -0.0630. The van der Waals surface area contributed by atoms with Gasteiger partial charge < -0.3 is 10.6 Å². The molecular formula is C14H25N5O. The molecule has 112 valence electrons. The zero-order valence-electron chi connectivity index (χ0n) is 12.9. The second-order valence-electron chi connectivity index (χ2n) is 6.27. The van der Waals surface area contributed by atoms with Gasteiger partial charge in [-0.15, -0.1) is 0 Å². The Hall–Kier alpha value is -1.56. The first-order chi connectivity index (χ1) is 9.34. The number of carbonyl (C=O) groups is 1. The minimum Gasteiger partial charge on any atom is -0.395 e. The standard InChI is InChI=1S/C14H25N5O/c1-5-10-11(15)12(17-16-10)13(20)18-6-8-19(9-7-18)14(2,3)4/h5-9,15H2,1-4H3,(H,16,17). The van der Waals surface area contributed by atoms with E-state index < -0.39 is 0 Å². The summed E-state index contributed by atoms with van der Waals surface area (Å²) in [5.74, 6) is -0.0630. The predicted molar refractivity (Wildman–Crippen MR) is 79.6 cm³/mol. The van der Waals surface area contributed by atoms with Crippen molar-refractivity contribution in [2.75, 3.05) is 31.9 Å². The van der Waals surface area contributed by atoms with E-state index in [4.69, 9.17) is 5.73 Å². The number of nitrogens with zero attached hydrogens (tertiary/aromatic N) is 3. The third-order valence-corrected chi connectivity index (χ3v) is 3.95. The average Bonchev–Trinajstić information content (AvgIpc) is 2.78. The average molecular weight is 279 g/mol. The highest BCUT2D eigenvalue weighted by molar-refractivity contribution is 5.97. The van der Waals surface area contributed by atoms with E-state index >= 15 is 0 Å². The van der Waals surface area contributed by atoms with Crippen molar-refractivity contribution in [1.82, 2.24) is 20.0 Å². The van der Waals surface area contributed by atoms with Gasteiger partial charge in [0.15, 0.2) is 5.69 Å². The van der Waals surface area contributed by atoms with Crippen LogP contribution in [0.4, 0.5) is 5.69 Å². The SMILES string of the molecule is CCc1[nH]nc(C(=O)N2CCN(C(C)(C)C)CC2)c1N. The highest BCUT2D eigenvalue weighted by Crippen LogP contribution is 2.20. The molecule has 6 nitrogen and oxygen atoms in total. The van der Waals surface area contributed by atoms with Crippen LogP contribution < -0.4 is 5.73 Å². The van der Waals surface area contributed by atoms with Crippen molar-refractivity contribution in [3.63, 3.8) is 0 Å². The lowest BCUT2D eigenvalue weighted by Gasteiger charge is -2.42. The number of hydrogen-bond donors (Lipinski definition) is 2. The van der Waals surface area contributed by atoms with Crippen molar-refractivity contribution in [2.45, 2.75) is 39.7 Å². The van der Waals surface area contributed by atoms with Gasteiger partial charge in [0.25, 0.3) is 5.91 Å². The Morgan fingerprint density at radius 1 is 1.30 bits per heavy atom. The molecule has 1 aromatic rings. The number of H-pyrrole nitrogens is 1. The van der Waals surface area contributed by atoms with Gasteiger partial charge in [-0.05, 0) is 27.2 Å². The van der Waals surface area contributed by atoms with Gasteiger partial charge in [-0.2, -0.15) is 5.10 Å². The number of hydrogen-bond acceptors (Lipinski definition) is 4. The normalized spacial score (nSPS) is 17.5. The highest BCUT2D eigenvalue weighted by atomic mass is 16.2. The number of nitrogens with one attached hydrogen (secondary N) is 1. The summed E-state index contributed by atoms with van der Waals surface area (Å²) in [6, 6.07) is 0. The molecule has 0 saturated carbocycles. The van der Waals surface area contributed by atoms with Gasteiger partial charge in [0.1, 0.15) is 0 Å². The molecule has 0 atom stereocenters. The van der Waals surface area contributed by atoms with Gasteiger partial charge in [0.05, 0.1) is 11.4 Å². The zero-order chi connectivity index (χ0) is 14.9. The fraction of sp³-hybridized carbons (Fsp3) is 0.714. The molecule has 1 aliphatic rings. The molecule has 3 N–H and O–H groups in total. The zero-order valence-corrected chi connectivity index (χ0v) is 12.9. The summed E-state index contributed by atoms with van der Waals surface area (Å²) in [6.07, 6.45) is 0.754. The van der Waals surface area contributed by atoms with Crippen molar-refractivity contribution in [1.29, 1.82) is 0 Å². The molecule has 2 rings (SSSR count). The van der Waals surface area contributed by atoms with Crippen LogP contribution in [0.25, 0.3) is 0 Å². The quantitative estimate of drug-likeness (QED) is 0.850. The number of aromatic amines is 1. The maximum atomic E-state index is 12.5. The molecule has 2 heterocycles. The first-order valence-electron chi connectivity index (χ1n) is 7.21. The summed E-state index contributed by atoms with van der Waals surface area (Å²) in [5.41, 5.74) is 7.81. The third-order valence-electron chi connectivity index (χ3n) is 3.95. The van der Waals surface area contributed by atoms with E-state index in [1.54, 1.807) is 0 Å². The second-order valence-corrected chi connectivity index (χ2v) is 6.27. The molecule has 0 aliphatic carbocycles. The maximum Gasteiger partial charge on any atom is 0.276 e. The van der Waals surface area contributed by atoms with E-state index in [0.29, 0.717) is 11.4 Å². The van der Waals surface area contributed by atoms with Crippen molar-refractivity contribution in [3.05, 3.63) is 11.4 Å². The van der Waals surface area contributed by atoms with Gasteiger partial charge in [0.2, 0.25) is 0 Å². The van der Waals surface area contributed by atoms with Crippen LogP contribution in [-0.4, -0.2) is 57.6 Å². The predicted octanol–water partition coefficient (Wildman–Crippen LogP) is 1.11. The lowest BCUT2D eigenvalue weighted by molar-refractivity contribution is 0.0447. The summed E-state index contributed by atoms with van der Waals surface area (Å²) in [5, 5.41) is 6.92. The molecule has 1 fully saturated rings. The topological polar surface area (TPSA) is 78.2 Å². The van der Waals surface area contributed by atoms with Crippen LogP contribution in [-0.2, 0) is 6.42 Å². The van der Waals surface area contributed by atoms with Crippen molar-refractivity contribution >= 4 is 11.6 Å². The summed E-state index contributed by atoms with van der Waals surface area (Å²) >= 11 is 0. The Morgan fingerprint density at radius 3 is 2.35 bits per heavy atom. The van der Waals surface area contributed by atoms with Gasteiger partial charge in [-0.3, -0.25) is 14.8 Å². The van der Waals surface area contributed by atoms with Crippen molar-refractivity contribution < 1.29 is 4.79 Å². The molecule has 0 bridgehead atoms. The lowest BCUT2D eigenvalue weighted by Crippen LogP contribution is -2.54. The van der Waals surface area contributed by atoms with E-state index in [2.05, 4.69) is 35.9 Å². The van der Waals surface area contributed by atoms with E-state index in [0.717, 1.165) is 38.3 Å². The molecule has 0 radical (unpaired) electrons. The number of aryl methyl sites for hydroxylation is 1. The number of aromatic nitrogens is 2. The summed E-state index contributed by atoms with van der Waals surface area (Å²) < 4.78 is 0. The summed E-state index contributed by atoms with van der Waals surface area (Å²) in [6.45, 7) is 11.8. The van der Waals surface area contributed by atoms with E-state index in [1.807, 2.05) is 11.8 Å². The molecule has 1 amide bonds. The molecular weight excluding hydrogens is 254 g/mol. The van der Waals surface area contributed by atoms with Crippen LogP contribution in [0, 0.1) is 0 Å². The van der Waals surface area contributed by atoms with Crippen LogP contribution in [0.15, 0.2) is 0 Å². The Balaban J connectivity index is 2.03. The van der Waals surface area contributed by atoms with Crippen LogP contribution >= 0.6 is 0 Å². The first-order valence-corrected chi connectivity index (χ1v) is 7.21. The van der Waals surface area contributed by atoms with Crippen LogP contribution in [0.1, 0.15) is 43.9 Å². The fourth-order valence-corrected chi connectivity index (χ4v) is 2.55. The summed E-state index contributed by atoms with van der Waals surface area (Å²) in [7, 11) is 0. The maximum absolute atomic E-state index is 12.5. The first kappa shape index (κ1) is 14.8. The molecule has 0 unspecified atom stereocenters. The number of rotatable bonds is 2. The molecule has 1 aliphatic heterocycles. The Morgan fingerprint density at radius 2 is 1.90 bits per heavy atom. The number of amides is 1. The molecule has 0 aromatic carbocycles. The molecule has 0 spiro atoms. The molecule has 20 heavy (non-hydrogen) atoms. The monoisotopic (exact) mass is 279 g/mol. The minimum absolute atomic E-state index is 0.0630. The summed E-state index contributed by atoms with van der Waals surface area (Å²) in [4.78, 5) is 16.7. The van der Waals surface area contributed by atoms with Gasteiger partial charge >= 0.3 is 0 Å². The third kappa shape index (κ3) is 2.80.